The van der Waals surface area contributed by atoms with Crippen LogP contribution >= 0.6 is 11.8 Å². The number of anilines is 1. The predicted molar refractivity (Wildman–Crippen MR) is 163 cm³/mol. The molecule has 2 aliphatic heterocycles. The molecule has 3 aromatic carbocycles. The Morgan fingerprint density at radius 2 is 1.86 bits per heavy atom. The number of nitrogens with zero attached hydrogens (tertiary/aromatic N) is 3. The summed E-state index contributed by atoms with van der Waals surface area (Å²) in [5.41, 5.74) is 8.25. The number of pyridine rings is 2. The van der Waals surface area contributed by atoms with E-state index in [4.69, 9.17) is 15.5 Å². The average Bonchev–Trinajstić information content (AvgIpc) is 3.36. The van der Waals surface area contributed by atoms with Crippen molar-refractivity contribution >= 4 is 46.2 Å². The number of rotatable bonds is 5. The van der Waals surface area contributed by atoms with Crippen LogP contribution in [0.15, 0.2) is 105 Å². The molecule has 2 atom stereocenters. The molecule has 0 spiro atoms. The lowest BCUT2D eigenvalue weighted by Crippen LogP contribution is -2.46. The number of carbonyl (C=O) groups is 1. The fraction of sp³-hybridized carbons (Fsp3) is 0.152. The number of aliphatic imine (C=N–C) groups is 1. The summed E-state index contributed by atoms with van der Waals surface area (Å²) < 4.78 is 7.34. The molecule has 0 aliphatic carbocycles. The summed E-state index contributed by atoms with van der Waals surface area (Å²) in [5.74, 6) is -0.812. The predicted octanol–water partition coefficient (Wildman–Crippen LogP) is 5.76. The summed E-state index contributed by atoms with van der Waals surface area (Å²) in [6.07, 6.45) is 0.442. The highest BCUT2D eigenvalue weighted by molar-refractivity contribution is 7.99. The smallest absolute Gasteiger partial charge is 0.343 e. The third-order valence-corrected chi connectivity index (χ3v) is 8.92. The average molecular weight is 575 g/mol. The van der Waals surface area contributed by atoms with Crippen molar-refractivity contribution in [1.82, 2.24) is 9.55 Å². The number of carbonyl (C=O) groups excluding carboxylic acids is 1. The number of ether oxygens (including phenoxy) is 1. The number of hydrogen-bond acceptors (Lipinski definition) is 8. The molecule has 42 heavy (non-hydrogen) atoms. The van der Waals surface area contributed by atoms with Crippen LogP contribution < -0.4 is 11.3 Å². The van der Waals surface area contributed by atoms with E-state index < -0.39 is 17.7 Å². The van der Waals surface area contributed by atoms with E-state index in [0.29, 0.717) is 29.3 Å². The molecule has 2 aromatic heterocycles. The molecule has 0 saturated heterocycles. The lowest BCUT2D eigenvalue weighted by Gasteiger charge is -2.35. The van der Waals surface area contributed by atoms with Crippen LogP contribution in [-0.4, -0.2) is 26.8 Å². The van der Waals surface area contributed by atoms with Crippen molar-refractivity contribution in [2.24, 2.45) is 4.99 Å². The number of benzene rings is 3. The minimum atomic E-state index is -1.96. The second-order valence-corrected chi connectivity index (χ2v) is 11.5. The number of para-hydroxylation sites is 2. The van der Waals surface area contributed by atoms with Crippen molar-refractivity contribution in [2.75, 3.05) is 5.73 Å². The highest BCUT2D eigenvalue weighted by Gasteiger charge is 2.48. The van der Waals surface area contributed by atoms with Gasteiger partial charge in [-0.2, -0.15) is 0 Å². The van der Waals surface area contributed by atoms with Crippen molar-refractivity contribution in [2.45, 2.75) is 41.4 Å². The molecule has 4 heterocycles. The first-order valence-electron chi connectivity index (χ1n) is 13.6. The summed E-state index contributed by atoms with van der Waals surface area (Å²) >= 11 is 1.52. The first-order chi connectivity index (χ1) is 20.4. The van der Waals surface area contributed by atoms with E-state index in [9.17, 15) is 14.7 Å². The monoisotopic (exact) mass is 574 g/mol. The number of aromatic nitrogens is 2. The fourth-order valence-electron chi connectivity index (χ4n) is 5.59. The minimum absolute atomic E-state index is 0.0463. The van der Waals surface area contributed by atoms with E-state index >= 15 is 0 Å². The maximum absolute atomic E-state index is 14.1. The molecule has 2 aliphatic rings. The number of aliphatic hydroxyl groups is 1. The zero-order valence-corrected chi connectivity index (χ0v) is 23.5. The summed E-state index contributed by atoms with van der Waals surface area (Å²) in [4.78, 5) is 38.7. The molecule has 0 fully saturated rings. The van der Waals surface area contributed by atoms with Gasteiger partial charge in [0.1, 0.15) is 0 Å². The third-order valence-electron chi connectivity index (χ3n) is 7.85. The summed E-state index contributed by atoms with van der Waals surface area (Å²) in [7, 11) is 0. The standard InChI is InChI=1S/C33H26N4O4S/c1-2-33(40)23-16-26-30-20(15-19-7-3-4-8-24(19)36-30)18-37(26)31(38)29(23)27(41-32(33)39)17-35-25-9-5-6-10-28(25)42-22-13-11-21(34)12-14-22/h3-17,27,40H,2,18,34H2,1H3/t27?,33-/m0/s1. The molecule has 8 nitrogen and oxygen atoms in total. The van der Waals surface area contributed by atoms with Crippen LogP contribution in [0, 0.1) is 0 Å². The van der Waals surface area contributed by atoms with Crippen LogP contribution in [0.3, 0.4) is 0 Å². The number of fused-ring (bicyclic) bond motifs is 5. The van der Waals surface area contributed by atoms with E-state index in [2.05, 4.69) is 4.99 Å². The molecule has 7 rings (SSSR count). The van der Waals surface area contributed by atoms with E-state index in [1.54, 1.807) is 17.6 Å². The van der Waals surface area contributed by atoms with Crippen molar-refractivity contribution in [1.29, 1.82) is 0 Å². The molecule has 0 radical (unpaired) electrons. The maximum Gasteiger partial charge on any atom is 0.343 e. The zero-order chi connectivity index (χ0) is 29.0. The van der Waals surface area contributed by atoms with Crippen molar-refractivity contribution in [3.8, 4) is 11.4 Å². The number of nitrogens with two attached hydrogens (primary N) is 1. The van der Waals surface area contributed by atoms with Gasteiger partial charge in [-0.15, -0.1) is 0 Å². The molecule has 0 bridgehead atoms. The first kappa shape index (κ1) is 26.2. The number of cyclic esters (lactones) is 1. The van der Waals surface area contributed by atoms with Gasteiger partial charge in [-0.25, -0.2) is 9.78 Å². The molecule has 5 aromatic rings. The Balaban J connectivity index is 1.32. The van der Waals surface area contributed by atoms with Gasteiger partial charge in [0.25, 0.3) is 5.56 Å². The second kappa shape index (κ2) is 9.97. The van der Waals surface area contributed by atoms with Crippen LogP contribution in [0.5, 0.6) is 0 Å². The van der Waals surface area contributed by atoms with Gasteiger partial charge in [-0.05, 0) is 61.0 Å². The van der Waals surface area contributed by atoms with E-state index in [1.165, 1.54) is 18.0 Å². The quantitative estimate of drug-likeness (QED) is 0.153. The topological polar surface area (TPSA) is 120 Å². The van der Waals surface area contributed by atoms with Crippen LogP contribution in [0.1, 0.15) is 36.1 Å². The van der Waals surface area contributed by atoms with Crippen molar-refractivity contribution in [3.63, 3.8) is 0 Å². The molecule has 0 amide bonds. The molecule has 3 N–H and O–H groups in total. The van der Waals surface area contributed by atoms with Gasteiger partial charge in [0, 0.05) is 32.0 Å². The number of hydrogen-bond donors (Lipinski definition) is 2. The molecule has 9 heteroatoms. The summed E-state index contributed by atoms with van der Waals surface area (Å²) in [6, 6.07) is 26.6. The number of nitrogen functional groups attached to an aromatic ring is 1. The van der Waals surface area contributed by atoms with E-state index in [0.717, 1.165) is 26.3 Å². The fourth-order valence-corrected chi connectivity index (χ4v) is 6.49. The Kier molecular flexibility index (Phi) is 6.22. The van der Waals surface area contributed by atoms with Crippen molar-refractivity contribution in [3.05, 3.63) is 112 Å². The number of esters is 1. The molecule has 0 saturated carbocycles. The largest absolute Gasteiger partial charge is 0.449 e. The lowest BCUT2D eigenvalue weighted by molar-refractivity contribution is -0.173. The lowest BCUT2D eigenvalue weighted by atomic mass is 9.83. The van der Waals surface area contributed by atoms with Gasteiger partial charge in [0.05, 0.1) is 40.9 Å². The Morgan fingerprint density at radius 3 is 2.67 bits per heavy atom. The van der Waals surface area contributed by atoms with Gasteiger partial charge in [0.2, 0.25) is 0 Å². The van der Waals surface area contributed by atoms with Crippen LogP contribution in [0.25, 0.3) is 22.3 Å². The van der Waals surface area contributed by atoms with E-state index in [1.807, 2.05) is 78.9 Å². The zero-order valence-electron chi connectivity index (χ0n) is 22.7. The molecular formula is C33H26N4O4S. The molecule has 1 unspecified atom stereocenters. The van der Waals surface area contributed by atoms with Crippen LogP contribution in [-0.2, 0) is 21.7 Å². The Bertz CT molecular complexity index is 1990. The minimum Gasteiger partial charge on any atom is -0.449 e. The summed E-state index contributed by atoms with van der Waals surface area (Å²) in [6.45, 7) is 2.02. The highest BCUT2D eigenvalue weighted by Crippen LogP contribution is 2.42. The van der Waals surface area contributed by atoms with Crippen LogP contribution in [0.2, 0.25) is 0 Å². The van der Waals surface area contributed by atoms with Gasteiger partial charge < -0.3 is 20.1 Å². The normalized spacial score (nSPS) is 19.0. The Morgan fingerprint density at radius 1 is 1.10 bits per heavy atom. The second-order valence-electron chi connectivity index (χ2n) is 10.4. The summed E-state index contributed by atoms with van der Waals surface area (Å²) in [5, 5.41) is 12.5. The Hall–Kier alpha value is -4.73. The van der Waals surface area contributed by atoms with Gasteiger partial charge in [-0.3, -0.25) is 9.79 Å². The SMILES string of the molecule is CC[C@@]1(O)C(=O)OC(C=Nc2ccccc2Sc2ccc(N)cc2)c2c1cc1n(c2=O)Cc2cc3ccccc3nc2-1. The Labute approximate surface area is 245 Å². The van der Waals surface area contributed by atoms with Crippen molar-refractivity contribution < 1.29 is 14.6 Å². The first-order valence-corrected chi connectivity index (χ1v) is 14.4. The third kappa shape index (κ3) is 4.20. The van der Waals surface area contributed by atoms with Gasteiger partial charge in [-0.1, -0.05) is 49.0 Å². The van der Waals surface area contributed by atoms with Gasteiger partial charge >= 0.3 is 5.97 Å². The van der Waals surface area contributed by atoms with Crippen LogP contribution in [0.4, 0.5) is 11.4 Å². The maximum atomic E-state index is 14.1. The van der Waals surface area contributed by atoms with E-state index in [-0.39, 0.29) is 23.1 Å². The van der Waals surface area contributed by atoms with Gasteiger partial charge in [0.15, 0.2) is 11.7 Å². The highest BCUT2D eigenvalue weighted by atomic mass is 32.2. The molecular weight excluding hydrogens is 548 g/mol. The molecule has 208 valence electrons.